The van der Waals surface area contributed by atoms with Crippen LogP contribution in [0.3, 0.4) is 0 Å². The van der Waals surface area contributed by atoms with E-state index in [1.165, 1.54) is 0 Å². The van der Waals surface area contributed by atoms with E-state index in [0.29, 0.717) is 5.75 Å². The highest BCUT2D eigenvalue weighted by molar-refractivity contribution is 5.76. The Hall–Kier alpha value is -3.39. The van der Waals surface area contributed by atoms with Gasteiger partial charge in [-0.3, -0.25) is 9.63 Å². The van der Waals surface area contributed by atoms with Gasteiger partial charge in [-0.2, -0.15) is 0 Å². The van der Waals surface area contributed by atoms with Gasteiger partial charge in [-0.25, -0.2) is 5.06 Å². The van der Waals surface area contributed by atoms with Crippen LogP contribution in [-0.2, 0) is 21.0 Å². The molecule has 1 fully saturated rings. The Labute approximate surface area is 199 Å². The highest BCUT2D eigenvalue weighted by Gasteiger charge is 2.50. The topological polar surface area (TPSA) is 88.5 Å². The average molecular weight is 464 g/mol. The summed E-state index contributed by atoms with van der Waals surface area (Å²) in [5.41, 5.74) is 2.49. The summed E-state index contributed by atoms with van der Waals surface area (Å²) in [5.74, 6) is -0.471. The lowest BCUT2D eigenvalue weighted by molar-refractivity contribution is -0.152. The number of rotatable bonds is 9. The zero-order chi connectivity index (χ0) is 23.9. The maximum absolute atomic E-state index is 13.5. The number of anilines is 1. The quantitative estimate of drug-likeness (QED) is 0.468. The van der Waals surface area contributed by atoms with E-state index in [4.69, 9.17) is 14.3 Å². The number of aliphatic hydroxyl groups excluding tert-OH is 2. The van der Waals surface area contributed by atoms with Crippen molar-refractivity contribution in [1.82, 2.24) is 0 Å². The van der Waals surface area contributed by atoms with Crippen molar-refractivity contribution in [2.45, 2.75) is 31.3 Å². The average Bonchev–Trinajstić information content (AvgIpc) is 3.27. The molecule has 0 bridgehead atoms. The number of para-hydroxylation sites is 1. The molecule has 7 nitrogen and oxygen atoms in total. The summed E-state index contributed by atoms with van der Waals surface area (Å²) in [4.78, 5) is 19.7. The minimum absolute atomic E-state index is 0.0809. The minimum Gasteiger partial charge on any atom is -0.497 e. The number of ether oxygens (including phenoxy) is 2. The number of methoxy groups -OCH3 is 1. The molecule has 1 aliphatic rings. The van der Waals surface area contributed by atoms with Crippen LogP contribution in [0.25, 0.3) is 0 Å². The molecule has 3 aromatic carbocycles. The van der Waals surface area contributed by atoms with Crippen LogP contribution in [0, 0.1) is 5.92 Å². The monoisotopic (exact) mass is 463 g/mol. The van der Waals surface area contributed by atoms with E-state index in [-0.39, 0.29) is 13.0 Å². The Balaban J connectivity index is 1.69. The summed E-state index contributed by atoms with van der Waals surface area (Å²) in [5, 5.41) is 21.3. The van der Waals surface area contributed by atoms with Gasteiger partial charge in [0.25, 0.3) is 0 Å². The normalized spacial score (nSPS) is 20.7. The van der Waals surface area contributed by atoms with E-state index in [0.717, 1.165) is 16.8 Å². The molecule has 0 saturated carbocycles. The highest BCUT2D eigenvalue weighted by Crippen LogP contribution is 2.44. The molecule has 0 aromatic heterocycles. The lowest BCUT2D eigenvalue weighted by atomic mass is 9.87. The SMILES string of the molecule is COc1ccc([C@H]2[C@@H](C(=O)OCc3ccccc3)[C@@H](C[C@H](O)CO)ON2c2ccccc2)cc1. The molecule has 0 spiro atoms. The van der Waals surface area contributed by atoms with E-state index in [1.54, 1.807) is 12.2 Å². The largest absolute Gasteiger partial charge is 0.497 e. The third kappa shape index (κ3) is 5.39. The number of hydrogen-bond acceptors (Lipinski definition) is 7. The lowest BCUT2D eigenvalue weighted by Gasteiger charge is -2.27. The van der Waals surface area contributed by atoms with Gasteiger partial charge in [0.15, 0.2) is 0 Å². The lowest BCUT2D eigenvalue weighted by Crippen LogP contribution is -2.33. The minimum atomic E-state index is -1.03. The maximum Gasteiger partial charge on any atom is 0.314 e. The fourth-order valence-electron chi connectivity index (χ4n) is 4.20. The summed E-state index contributed by atoms with van der Waals surface area (Å²) in [6, 6.07) is 25.9. The Morgan fingerprint density at radius 2 is 1.65 bits per heavy atom. The molecule has 7 heteroatoms. The van der Waals surface area contributed by atoms with Crippen molar-refractivity contribution >= 4 is 11.7 Å². The summed E-state index contributed by atoms with van der Waals surface area (Å²) in [6.07, 6.45) is -1.64. The van der Waals surface area contributed by atoms with Crippen molar-refractivity contribution in [3.8, 4) is 5.75 Å². The first-order valence-electron chi connectivity index (χ1n) is 11.2. The van der Waals surface area contributed by atoms with Crippen LogP contribution in [-0.4, -0.2) is 42.1 Å². The smallest absolute Gasteiger partial charge is 0.314 e. The molecule has 4 rings (SSSR count). The molecule has 0 amide bonds. The second-order valence-electron chi connectivity index (χ2n) is 8.21. The number of hydrogen-bond donors (Lipinski definition) is 2. The van der Waals surface area contributed by atoms with Gasteiger partial charge in [0, 0.05) is 6.42 Å². The molecule has 1 heterocycles. The second kappa shape index (κ2) is 11.2. The highest BCUT2D eigenvalue weighted by atomic mass is 16.7. The van der Waals surface area contributed by atoms with E-state index in [2.05, 4.69) is 0 Å². The van der Waals surface area contributed by atoms with Crippen LogP contribution < -0.4 is 9.80 Å². The molecular formula is C27H29NO6. The van der Waals surface area contributed by atoms with Gasteiger partial charge in [0.1, 0.15) is 24.4 Å². The predicted molar refractivity (Wildman–Crippen MR) is 127 cm³/mol. The predicted octanol–water partition coefficient (Wildman–Crippen LogP) is 3.66. The summed E-state index contributed by atoms with van der Waals surface area (Å²) < 4.78 is 11.0. The van der Waals surface area contributed by atoms with Crippen LogP contribution in [0.4, 0.5) is 5.69 Å². The zero-order valence-electron chi connectivity index (χ0n) is 19.0. The molecule has 1 aliphatic heterocycles. The number of nitrogens with zero attached hydrogens (tertiary/aromatic N) is 1. The van der Waals surface area contributed by atoms with E-state index < -0.39 is 36.7 Å². The van der Waals surface area contributed by atoms with E-state index in [1.807, 2.05) is 84.9 Å². The fourth-order valence-corrected chi connectivity index (χ4v) is 4.20. The van der Waals surface area contributed by atoms with Crippen molar-refractivity contribution in [1.29, 1.82) is 0 Å². The number of benzene rings is 3. The van der Waals surface area contributed by atoms with Crippen LogP contribution in [0.2, 0.25) is 0 Å². The summed E-state index contributed by atoms with van der Waals surface area (Å²) in [7, 11) is 1.60. The summed E-state index contributed by atoms with van der Waals surface area (Å²) >= 11 is 0. The standard InChI is InChI=1S/C27H29NO6/c1-32-23-14-12-20(13-15-23)26-25(27(31)33-18-19-8-4-2-5-9-19)24(16-22(30)17-29)34-28(26)21-10-6-3-7-11-21/h2-15,22,24-26,29-30H,16-18H2,1H3/t22-,24+,25-,26-/m0/s1. The maximum atomic E-state index is 13.5. The van der Waals surface area contributed by atoms with Crippen LogP contribution >= 0.6 is 0 Å². The molecule has 0 unspecified atom stereocenters. The van der Waals surface area contributed by atoms with Gasteiger partial charge in [0.05, 0.1) is 31.5 Å². The van der Waals surface area contributed by atoms with Gasteiger partial charge in [-0.15, -0.1) is 0 Å². The van der Waals surface area contributed by atoms with Crippen LogP contribution in [0.1, 0.15) is 23.6 Å². The first kappa shape index (κ1) is 23.8. The third-order valence-corrected chi connectivity index (χ3v) is 5.92. The Morgan fingerprint density at radius 3 is 2.26 bits per heavy atom. The van der Waals surface area contributed by atoms with Gasteiger partial charge in [-0.05, 0) is 35.4 Å². The number of hydroxylamine groups is 1. The number of esters is 1. The van der Waals surface area contributed by atoms with Crippen molar-refractivity contribution in [2.75, 3.05) is 18.8 Å². The zero-order valence-corrected chi connectivity index (χ0v) is 19.0. The number of carbonyl (C=O) groups excluding carboxylic acids is 1. The van der Waals surface area contributed by atoms with Gasteiger partial charge in [-0.1, -0.05) is 60.7 Å². The third-order valence-electron chi connectivity index (χ3n) is 5.92. The summed E-state index contributed by atoms with van der Waals surface area (Å²) in [6.45, 7) is -0.295. The molecule has 178 valence electrons. The van der Waals surface area contributed by atoms with Crippen LogP contribution in [0.15, 0.2) is 84.9 Å². The Kier molecular flexibility index (Phi) is 7.80. The fraction of sp³-hybridized carbons (Fsp3) is 0.296. The van der Waals surface area contributed by atoms with E-state index >= 15 is 0 Å². The molecular weight excluding hydrogens is 434 g/mol. The van der Waals surface area contributed by atoms with Gasteiger partial charge in [0.2, 0.25) is 0 Å². The van der Waals surface area contributed by atoms with Gasteiger partial charge >= 0.3 is 5.97 Å². The van der Waals surface area contributed by atoms with Gasteiger partial charge < -0.3 is 19.7 Å². The first-order valence-corrected chi connectivity index (χ1v) is 11.2. The molecule has 34 heavy (non-hydrogen) atoms. The molecule has 4 atom stereocenters. The number of aliphatic hydroxyl groups is 2. The van der Waals surface area contributed by atoms with Crippen molar-refractivity contribution < 1.29 is 29.3 Å². The molecule has 1 saturated heterocycles. The molecule has 3 aromatic rings. The van der Waals surface area contributed by atoms with Crippen molar-refractivity contribution in [3.05, 3.63) is 96.1 Å². The molecule has 0 aliphatic carbocycles. The second-order valence-corrected chi connectivity index (χ2v) is 8.21. The first-order chi connectivity index (χ1) is 16.6. The molecule has 2 N–H and O–H groups in total. The van der Waals surface area contributed by atoms with Crippen LogP contribution in [0.5, 0.6) is 5.75 Å². The number of carbonyl (C=O) groups is 1. The Morgan fingerprint density at radius 1 is 1.00 bits per heavy atom. The van der Waals surface area contributed by atoms with Crippen molar-refractivity contribution in [3.63, 3.8) is 0 Å². The van der Waals surface area contributed by atoms with Crippen molar-refractivity contribution in [2.24, 2.45) is 5.92 Å². The Bertz CT molecular complexity index is 1040. The molecule has 0 radical (unpaired) electrons. The van der Waals surface area contributed by atoms with E-state index in [9.17, 15) is 15.0 Å².